The summed E-state index contributed by atoms with van der Waals surface area (Å²) in [7, 11) is 0. The highest BCUT2D eigenvalue weighted by Gasteiger charge is 2.10. The number of unbranched alkanes of at least 4 members (excludes halogenated alkanes) is 3. The van der Waals surface area contributed by atoms with Crippen molar-refractivity contribution in [2.24, 2.45) is 5.73 Å². The number of ether oxygens (including phenoxy) is 2. The third-order valence-electron chi connectivity index (χ3n) is 3.29. The number of hydrogen-bond donors (Lipinski definition) is 3. The average molecular weight is 387 g/mol. The van der Waals surface area contributed by atoms with Gasteiger partial charge in [-0.1, -0.05) is 6.92 Å². The fourth-order valence-electron chi connectivity index (χ4n) is 1.95. The Bertz CT molecular complexity index is 509. The van der Waals surface area contributed by atoms with Crippen molar-refractivity contribution in [3.8, 4) is 0 Å². The number of alkyl carbamates (subject to hydrolysis) is 2. The number of imide groups is 2. The van der Waals surface area contributed by atoms with Gasteiger partial charge in [0.25, 0.3) is 0 Å². The van der Waals surface area contributed by atoms with Crippen LogP contribution in [0.25, 0.3) is 0 Å². The number of carbonyl (C=O) groups excluding carboxylic acids is 5. The van der Waals surface area contributed by atoms with Crippen LogP contribution in [-0.4, -0.2) is 43.1 Å². The van der Waals surface area contributed by atoms with Gasteiger partial charge >= 0.3 is 12.2 Å². The molecule has 0 aromatic rings. The van der Waals surface area contributed by atoms with E-state index in [0.29, 0.717) is 44.9 Å². The number of rotatable bonds is 13. The maximum atomic E-state index is 11.5. The van der Waals surface area contributed by atoms with Crippen molar-refractivity contribution in [1.29, 1.82) is 0 Å². The van der Waals surface area contributed by atoms with E-state index >= 15 is 0 Å². The van der Waals surface area contributed by atoms with Crippen LogP contribution in [-0.2, 0) is 23.9 Å². The molecule has 0 aromatic heterocycles. The lowest BCUT2D eigenvalue weighted by atomic mass is 10.2. The molecule has 0 aliphatic heterocycles. The zero-order valence-electron chi connectivity index (χ0n) is 15.7. The topological polar surface area (TPSA) is 154 Å². The van der Waals surface area contributed by atoms with E-state index in [4.69, 9.17) is 15.2 Å². The first-order valence-electron chi connectivity index (χ1n) is 9.06. The SMILES string of the molecule is CCCC(=O)NC(=O)OCCCCC(=O)NC(=O)OCCCCCC(N)=O. The molecule has 0 fully saturated rings. The van der Waals surface area contributed by atoms with E-state index in [1.54, 1.807) is 0 Å². The first-order chi connectivity index (χ1) is 12.8. The van der Waals surface area contributed by atoms with Gasteiger partial charge in [0.15, 0.2) is 0 Å². The standard InChI is InChI=1S/C17H29N3O7/c1-2-8-14(22)19-16(24)27-12-7-5-10-15(23)20-17(25)26-11-6-3-4-9-13(18)21/h2-12H2,1H3,(H2,18,21)(H,19,22,24)(H,20,23,25). The smallest absolute Gasteiger partial charge is 0.413 e. The summed E-state index contributed by atoms with van der Waals surface area (Å²) in [5.74, 6) is -1.25. The molecular weight excluding hydrogens is 358 g/mol. The molecule has 4 N–H and O–H groups in total. The third kappa shape index (κ3) is 16.6. The maximum absolute atomic E-state index is 11.5. The van der Waals surface area contributed by atoms with Gasteiger partial charge < -0.3 is 15.2 Å². The molecule has 0 saturated heterocycles. The summed E-state index contributed by atoms with van der Waals surface area (Å²) in [4.78, 5) is 55.9. The van der Waals surface area contributed by atoms with Crippen LogP contribution >= 0.6 is 0 Å². The molecule has 27 heavy (non-hydrogen) atoms. The first kappa shape index (κ1) is 24.4. The second-order valence-electron chi connectivity index (χ2n) is 5.85. The van der Waals surface area contributed by atoms with Crippen LogP contribution < -0.4 is 16.4 Å². The van der Waals surface area contributed by atoms with Crippen molar-refractivity contribution in [3.63, 3.8) is 0 Å². The molecule has 0 atom stereocenters. The number of amides is 5. The molecule has 0 heterocycles. The maximum Gasteiger partial charge on any atom is 0.413 e. The predicted molar refractivity (Wildman–Crippen MR) is 95.4 cm³/mol. The summed E-state index contributed by atoms with van der Waals surface area (Å²) < 4.78 is 9.64. The Morgan fingerprint density at radius 3 is 1.70 bits per heavy atom. The van der Waals surface area contributed by atoms with E-state index in [2.05, 4.69) is 10.6 Å². The largest absolute Gasteiger partial charge is 0.449 e. The van der Waals surface area contributed by atoms with Crippen LogP contribution in [0.15, 0.2) is 0 Å². The van der Waals surface area contributed by atoms with Gasteiger partial charge in [-0.2, -0.15) is 0 Å². The van der Waals surface area contributed by atoms with Gasteiger partial charge in [-0.25, -0.2) is 9.59 Å². The van der Waals surface area contributed by atoms with Crippen LogP contribution in [0.5, 0.6) is 0 Å². The van der Waals surface area contributed by atoms with E-state index < -0.39 is 24.0 Å². The van der Waals surface area contributed by atoms with Gasteiger partial charge in [0.2, 0.25) is 17.7 Å². The van der Waals surface area contributed by atoms with Crippen molar-refractivity contribution in [2.75, 3.05) is 13.2 Å². The molecule has 154 valence electrons. The van der Waals surface area contributed by atoms with E-state index in [1.807, 2.05) is 6.92 Å². The Hall–Kier alpha value is -2.65. The fraction of sp³-hybridized carbons (Fsp3) is 0.706. The van der Waals surface area contributed by atoms with Gasteiger partial charge in [0, 0.05) is 19.3 Å². The Labute approximate surface area is 158 Å². The summed E-state index contributed by atoms with van der Waals surface area (Å²) in [5, 5.41) is 4.17. The van der Waals surface area contributed by atoms with Crippen LogP contribution in [0.4, 0.5) is 9.59 Å². The minimum Gasteiger partial charge on any atom is -0.449 e. The Morgan fingerprint density at radius 1 is 0.704 bits per heavy atom. The van der Waals surface area contributed by atoms with Gasteiger partial charge in [-0.3, -0.25) is 25.0 Å². The summed E-state index contributed by atoms with van der Waals surface area (Å²) in [6, 6.07) is 0. The van der Waals surface area contributed by atoms with Crippen molar-refractivity contribution >= 4 is 29.9 Å². The molecule has 0 radical (unpaired) electrons. The molecule has 0 spiro atoms. The highest BCUT2D eigenvalue weighted by molar-refractivity contribution is 5.92. The fourth-order valence-corrected chi connectivity index (χ4v) is 1.95. The van der Waals surface area contributed by atoms with Gasteiger partial charge in [0.1, 0.15) is 0 Å². The molecule has 5 amide bonds. The van der Waals surface area contributed by atoms with Crippen molar-refractivity contribution < 1.29 is 33.4 Å². The first-order valence-corrected chi connectivity index (χ1v) is 9.06. The predicted octanol–water partition coefficient (Wildman–Crippen LogP) is 1.51. The monoisotopic (exact) mass is 387 g/mol. The summed E-state index contributed by atoms with van der Waals surface area (Å²) in [5.41, 5.74) is 5.00. The number of nitrogens with one attached hydrogen (secondary N) is 2. The average Bonchev–Trinajstić information content (AvgIpc) is 2.57. The Kier molecular flexibility index (Phi) is 14.1. The normalized spacial score (nSPS) is 9.96. The van der Waals surface area contributed by atoms with E-state index in [1.165, 1.54) is 0 Å². The van der Waals surface area contributed by atoms with Crippen LogP contribution in [0.3, 0.4) is 0 Å². The molecule has 0 rings (SSSR count). The molecule has 10 nitrogen and oxygen atoms in total. The van der Waals surface area contributed by atoms with E-state index in [0.717, 1.165) is 0 Å². The Morgan fingerprint density at radius 2 is 1.19 bits per heavy atom. The highest BCUT2D eigenvalue weighted by Crippen LogP contribution is 2.00. The van der Waals surface area contributed by atoms with Crippen LogP contribution in [0.2, 0.25) is 0 Å². The minimum absolute atomic E-state index is 0.0638. The summed E-state index contributed by atoms with van der Waals surface area (Å²) in [6.07, 6.45) is 2.35. The zero-order chi connectivity index (χ0) is 20.5. The summed E-state index contributed by atoms with van der Waals surface area (Å²) >= 11 is 0. The minimum atomic E-state index is -0.819. The van der Waals surface area contributed by atoms with E-state index in [-0.39, 0.29) is 32.0 Å². The van der Waals surface area contributed by atoms with Crippen molar-refractivity contribution in [3.05, 3.63) is 0 Å². The van der Waals surface area contributed by atoms with Gasteiger partial charge in [0.05, 0.1) is 13.2 Å². The molecule has 0 saturated carbocycles. The highest BCUT2D eigenvalue weighted by atomic mass is 16.6. The number of carbonyl (C=O) groups is 5. The quantitative estimate of drug-likeness (QED) is 0.405. The second kappa shape index (κ2) is 15.6. The Balaban J connectivity index is 3.59. The molecule has 0 unspecified atom stereocenters. The van der Waals surface area contributed by atoms with Crippen LogP contribution in [0, 0.1) is 0 Å². The van der Waals surface area contributed by atoms with Gasteiger partial charge in [-0.15, -0.1) is 0 Å². The van der Waals surface area contributed by atoms with E-state index in [9.17, 15) is 24.0 Å². The number of primary amides is 1. The summed E-state index contributed by atoms with van der Waals surface area (Å²) in [6.45, 7) is 2.03. The molecule has 0 aliphatic rings. The number of nitrogens with two attached hydrogens (primary N) is 1. The third-order valence-corrected chi connectivity index (χ3v) is 3.29. The molecular formula is C17H29N3O7. The molecule has 0 aliphatic carbocycles. The lowest BCUT2D eigenvalue weighted by molar-refractivity contribution is -0.121. The lowest BCUT2D eigenvalue weighted by Gasteiger charge is -2.07. The molecule has 0 aromatic carbocycles. The number of hydrogen-bond acceptors (Lipinski definition) is 7. The molecule has 0 bridgehead atoms. The van der Waals surface area contributed by atoms with Gasteiger partial charge in [-0.05, 0) is 38.5 Å². The second-order valence-corrected chi connectivity index (χ2v) is 5.85. The van der Waals surface area contributed by atoms with Crippen molar-refractivity contribution in [1.82, 2.24) is 10.6 Å². The lowest BCUT2D eigenvalue weighted by Crippen LogP contribution is -2.31. The molecule has 10 heteroatoms. The van der Waals surface area contributed by atoms with Crippen molar-refractivity contribution in [2.45, 2.75) is 64.7 Å². The van der Waals surface area contributed by atoms with Crippen LogP contribution in [0.1, 0.15) is 64.7 Å². The zero-order valence-corrected chi connectivity index (χ0v) is 15.7.